The third-order valence-corrected chi connectivity index (χ3v) is 4.62. The molecule has 0 atom stereocenters. The van der Waals surface area contributed by atoms with Crippen LogP contribution in [0.5, 0.6) is 5.75 Å². The van der Waals surface area contributed by atoms with Gasteiger partial charge in [-0.15, -0.1) is 0 Å². The molecular weight excluding hydrogens is 356 g/mol. The molecule has 2 aromatic rings. The molecule has 0 amide bonds. The molecule has 0 aliphatic rings. The Balaban J connectivity index is 2.42. The van der Waals surface area contributed by atoms with Crippen LogP contribution in [-0.4, -0.2) is 28.6 Å². The van der Waals surface area contributed by atoms with Crippen LogP contribution in [0.4, 0.5) is 0 Å². The predicted octanol–water partition coefficient (Wildman–Crippen LogP) is 3.50. The quantitative estimate of drug-likeness (QED) is 0.755. The largest absolute Gasteiger partial charge is 0.466 e. The summed E-state index contributed by atoms with van der Waals surface area (Å²) in [4.78, 5) is 0.294. The molecular formula is C15H15BrO4S. The van der Waals surface area contributed by atoms with Gasteiger partial charge in [-0.1, -0.05) is 18.2 Å². The lowest BCUT2D eigenvalue weighted by Crippen LogP contribution is -2.00. The summed E-state index contributed by atoms with van der Waals surface area (Å²) in [7, 11) is -1.68. The summed E-state index contributed by atoms with van der Waals surface area (Å²) < 4.78 is 34.4. The Bertz CT molecular complexity index is 741. The Morgan fingerprint density at radius 2 is 1.81 bits per heavy atom. The first kappa shape index (κ1) is 16.0. The molecule has 6 heteroatoms. The van der Waals surface area contributed by atoms with E-state index in [9.17, 15) is 8.42 Å². The topological polar surface area (TPSA) is 52.6 Å². The Labute approximate surface area is 132 Å². The van der Waals surface area contributed by atoms with Gasteiger partial charge in [-0.2, -0.15) is 0 Å². The molecule has 0 spiro atoms. The molecule has 2 aromatic carbocycles. The van der Waals surface area contributed by atoms with Crippen LogP contribution in [0.3, 0.4) is 0 Å². The maximum atomic E-state index is 11.6. The maximum absolute atomic E-state index is 11.6. The average Bonchev–Trinajstić information content (AvgIpc) is 2.46. The van der Waals surface area contributed by atoms with Crippen molar-refractivity contribution in [2.45, 2.75) is 4.90 Å². The van der Waals surface area contributed by atoms with Gasteiger partial charge in [0.2, 0.25) is 0 Å². The summed E-state index contributed by atoms with van der Waals surface area (Å²) in [5.41, 5.74) is 1.68. The summed E-state index contributed by atoms with van der Waals surface area (Å²) in [6.07, 6.45) is 1.20. The van der Waals surface area contributed by atoms with E-state index in [0.717, 1.165) is 15.6 Å². The minimum Gasteiger partial charge on any atom is -0.466 e. The lowest BCUT2D eigenvalue weighted by molar-refractivity contribution is 0.0506. The fraction of sp³-hybridized carbons (Fsp3) is 0.200. The van der Waals surface area contributed by atoms with Crippen LogP contribution in [0.2, 0.25) is 0 Å². The highest BCUT2D eigenvalue weighted by atomic mass is 79.9. The van der Waals surface area contributed by atoms with Crippen molar-refractivity contribution in [3.63, 3.8) is 0 Å². The summed E-state index contributed by atoms with van der Waals surface area (Å²) in [6.45, 7) is 0.144. The highest BCUT2D eigenvalue weighted by Crippen LogP contribution is 2.31. The third-order valence-electron chi connectivity index (χ3n) is 2.86. The van der Waals surface area contributed by atoms with Crippen LogP contribution in [-0.2, 0) is 14.6 Å². The van der Waals surface area contributed by atoms with Crippen molar-refractivity contribution in [3.05, 3.63) is 46.9 Å². The lowest BCUT2D eigenvalue weighted by atomic mass is 10.1. The number of hydrogen-bond acceptors (Lipinski definition) is 4. The molecule has 0 aliphatic heterocycles. The average molecular weight is 371 g/mol. The summed E-state index contributed by atoms with van der Waals surface area (Å²) in [6, 6.07) is 12.4. The van der Waals surface area contributed by atoms with Crippen molar-refractivity contribution >= 4 is 25.8 Å². The summed E-state index contributed by atoms with van der Waals surface area (Å²) in [5.74, 6) is 0.638. The fourth-order valence-corrected chi connectivity index (χ4v) is 2.85. The second-order valence-corrected chi connectivity index (χ2v) is 7.37. The first-order valence-corrected chi connectivity index (χ1v) is 8.82. The van der Waals surface area contributed by atoms with Crippen molar-refractivity contribution in [3.8, 4) is 16.9 Å². The molecule has 0 fully saturated rings. The van der Waals surface area contributed by atoms with Gasteiger partial charge in [0.1, 0.15) is 5.75 Å². The molecule has 112 valence electrons. The van der Waals surface area contributed by atoms with Crippen molar-refractivity contribution in [2.24, 2.45) is 0 Å². The number of sulfone groups is 1. The minimum absolute atomic E-state index is 0.144. The zero-order chi connectivity index (χ0) is 15.5. The second-order valence-electron chi connectivity index (χ2n) is 4.50. The molecule has 21 heavy (non-hydrogen) atoms. The number of benzene rings is 2. The van der Waals surface area contributed by atoms with Gasteiger partial charge in [0.15, 0.2) is 16.6 Å². The lowest BCUT2D eigenvalue weighted by Gasteiger charge is -2.10. The molecule has 0 aliphatic carbocycles. The standard InChI is InChI=1S/C15H15BrO4S/c1-19-10-20-15-9-12(6-7-14(15)16)11-4-3-5-13(8-11)21(2,17)18/h3-9H,10H2,1-2H3. The van der Waals surface area contributed by atoms with E-state index in [4.69, 9.17) is 9.47 Å². The van der Waals surface area contributed by atoms with Gasteiger partial charge in [-0.25, -0.2) is 8.42 Å². The van der Waals surface area contributed by atoms with E-state index in [1.54, 1.807) is 25.3 Å². The van der Waals surface area contributed by atoms with E-state index in [1.807, 2.05) is 24.3 Å². The zero-order valence-corrected chi connectivity index (χ0v) is 14.1. The molecule has 0 saturated carbocycles. The van der Waals surface area contributed by atoms with E-state index >= 15 is 0 Å². The molecule has 0 radical (unpaired) electrons. The molecule has 0 aromatic heterocycles. The second kappa shape index (κ2) is 6.60. The molecule has 0 heterocycles. The smallest absolute Gasteiger partial charge is 0.188 e. The van der Waals surface area contributed by atoms with E-state index in [1.165, 1.54) is 6.26 Å². The van der Waals surface area contributed by atoms with Crippen LogP contribution in [0.1, 0.15) is 0 Å². The normalized spacial score (nSPS) is 11.4. The van der Waals surface area contributed by atoms with Gasteiger partial charge in [0.05, 0.1) is 9.37 Å². The Hall–Kier alpha value is -1.37. The highest BCUT2D eigenvalue weighted by Gasteiger charge is 2.10. The molecule has 0 saturated heterocycles. The number of halogens is 1. The van der Waals surface area contributed by atoms with E-state index < -0.39 is 9.84 Å². The zero-order valence-electron chi connectivity index (χ0n) is 11.7. The third kappa shape index (κ3) is 4.06. The SMILES string of the molecule is COCOc1cc(-c2cccc(S(C)(=O)=O)c2)ccc1Br. The maximum Gasteiger partial charge on any atom is 0.188 e. The van der Waals surface area contributed by atoms with Crippen LogP contribution in [0.25, 0.3) is 11.1 Å². The predicted molar refractivity (Wildman–Crippen MR) is 85.2 cm³/mol. The monoisotopic (exact) mass is 370 g/mol. The van der Waals surface area contributed by atoms with Crippen molar-refractivity contribution < 1.29 is 17.9 Å². The van der Waals surface area contributed by atoms with Gasteiger partial charge >= 0.3 is 0 Å². The van der Waals surface area contributed by atoms with Crippen LogP contribution >= 0.6 is 15.9 Å². The van der Waals surface area contributed by atoms with Gasteiger partial charge in [0.25, 0.3) is 0 Å². The minimum atomic E-state index is -3.23. The van der Waals surface area contributed by atoms with Crippen molar-refractivity contribution in [1.29, 1.82) is 0 Å². The van der Waals surface area contributed by atoms with Gasteiger partial charge < -0.3 is 9.47 Å². The molecule has 2 rings (SSSR count). The van der Waals surface area contributed by atoms with Crippen molar-refractivity contribution in [2.75, 3.05) is 20.2 Å². The number of ether oxygens (including phenoxy) is 2. The highest BCUT2D eigenvalue weighted by molar-refractivity contribution is 9.10. The summed E-state index contributed by atoms with van der Waals surface area (Å²) in [5, 5.41) is 0. The first-order chi connectivity index (χ1) is 9.91. The fourth-order valence-electron chi connectivity index (χ4n) is 1.82. The van der Waals surface area contributed by atoms with Crippen LogP contribution in [0.15, 0.2) is 51.8 Å². The number of rotatable bonds is 5. The molecule has 4 nitrogen and oxygen atoms in total. The molecule has 0 unspecified atom stereocenters. The first-order valence-electron chi connectivity index (χ1n) is 6.13. The van der Waals surface area contributed by atoms with Crippen molar-refractivity contribution in [1.82, 2.24) is 0 Å². The number of hydrogen-bond donors (Lipinski definition) is 0. The van der Waals surface area contributed by atoms with Gasteiger partial charge in [0, 0.05) is 13.4 Å². The van der Waals surface area contributed by atoms with Crippen LogP contribution in [0, 0.1) is 0 Å². The van der Waals surface area contributed by atoms with Gasteiger partial charge in [-0.05, 0) is 51.3 Å². The van der Waals surface area contributed by atoms with E-state index in [2.05, 4.69) is 15.9 Å². The Kier molecular flexibility index (Phi) is 5.03. The molecule has 0 N–H and O–H groups in total. The number of methoxy groups -OCH3 is 1. The summed E-state index contributed by atoms with van der Waals surface area (Å²) >= 11 is 3.40. The Morgan fingerprint density at radius 1 is 1.10 bits per heavy atom. The molecule has 0 bridgehead atoms. The Morgan fingerprint density at radius 3 is 2.48 bits per heavy atom. The van der Waals surface area contributed by atoms with E-state index in [-0.39, 0.29) is 6.79 Å². The van der Waals surface area contributed by atoms with Gasteiger partial charge in [-0.3, -0.25) is 0 Å². The van der Waals surface area contributed by atoms with Crippen LogP contribution < -0.4 is 4.74 Å². The van der Waals surface area contributed by atoms with E-state index in [0.29, 0.717) is 10.6 Å².